The van der Waals surface area contributed by atoms with Gasteiger partial charge in [0.2, 0.25) is 0 Å². The molecule has 15 heavy (non-hydrogen) atoms. The van der Waals surface area contributed by atoms with Gasteiger partial charge in [0, 0.05) is 13.2 Å². The van der Waals surface area contributed by atoms with Gasteiger partial charge in [0.1, 0.15) is 0 Å². The molecule has 1 aromatic heterocycles. The minimum absolute atomic E-state index is 0.219. The van der Waals surface area contributed by atoms with Crippen molar-refractivity contribution in [2.45, 2.75) is 38.0 Å². The Morgan fingerprint density at radius 2 is 2.40 bits per heavy atom. The Kier molecular flexibility index (Phi) is 3.07. The topological polar surface area (TPSA) is 39.1 Å². The molecule has 1 saturated heterocycles. The third-order valence-electron chi connectivity index (χ3n) is 3.00. The van der Waals surface area contributed by atoms with E-state index >= 15 is 0 Å². The Morgan fingerprint density at radius 3 is 2.87 bits per heavy atom. The maximum absolute atomic E-state index is 5.87. The lowest BCUT2D eigenvalue weighted by molar-refractivity contribution is 0.0323. The highest BCUT2D eigenvalue weighted by Crippen LogP contribution is 2.28. The molecule has 0 radical (unpaired) electrons. The van der Waals surface area contributed by atoms with Crippen molar-refractivity contribution in [2.75, 3.05) is 7.05 Å². The molecule has 84 valence electrons. The molecule has 3 atom stereocenters. The predicted octanol–water partition coefficient (Wildman–Crippen LogP) is 1.25. The average molecular weight is 209 g/mol. The zero-order chi connectivity index (χ0) is 10.8. The minimum atomic E-state index is 0.219. The van der Waals surface area contributed by atoms with Crippen LogP contribution in [0.15, 0.2) is 12.3 Å². The van der Waals surface area contributed by atoms with Gasteiger partial charge < -0.3 is 10.1 Å². The van der Waals surface area contributed by atoms with Crippen molar-refractivity contribution >= 4 is 0 Å². The smallest absolute Gasteiger partial charge is 0.0820 e. The fraction of sp³-hybridized carbons (Fsp3) is 0.727. The van der Waals surface area contributed by atoms with Crippen LogP contribution in [0.25, 0.3) is 0 Å². The summed E-state index contributed by atoms with van der Waals surface area (Å²) in [5, 5.41) is 7.72. The maximum atomic E-state index is 5.87. The lowest BCUT2D eigenvalue weighted by Gasteiger charge is -2.21. The van der Waals surface area contributed by atoms with E-state index in [4.69, 9.17) is 4.74 Å². The van der Waals surface area contributed by atoms with E-state index in [1.807, 2.05) is 31.0 Å². The SMILES string of the molecule is CNC(c1ccn(C)n1)C1CCC(C)O1. The van der Waals surface area contributed by atoms with Gasteiger partial charge in [-0.3, -0.25) is 4.68 Å². The lowest BCUT2D eigenvalue weighted by atomic mass is 10.0. The van der Waals surface area contributed by atoms with E-state index in [1.54, 1.807) is 0 Å². The Balaban J connectivity index is 2.10. The molecule has 2 rings (SSSR count). The van der Waals surface area contributed by atoms with Crippen molar-refractivity contribution in [3.8, 4) is 0 Å². The van der Waals surface area contributed by atoms with Crippen molar-refractivity contribution in [2.24, 2.45) is 7.05 Å². The van der Waals surface area contributed by atoms with Crippen molar-refractivity contribution in [3.05, 3.63) is 18.0 Å². The van der Waals surface area contributed by atoms with Crippen molar-refractivity contribution in [3.63, 3.8) is 0 Å². The molecule has 1 aliphatic heterocycles. The molecular formula is C11H19N3O. The third kappa shape index (κ3) is 2.21. The first-order chi connectivity index (χ1) is 7.20. The van der Waals surface area contributed by atoms with Crippen LogP contribution >= 0.6 is 0 Å². The minimum Gasteiger partial charge on any atom is -0.373 e. The predicted molar refractivity (Wildman–Crippen MR) is 58.6 cm³/mol. The molecule has 0 aromatic carbocycles. The maximum Gasteiger partial charge on any atom is 0.0820 e. The van der Waals surface area contributed by atoms with Gasteiger partial charge in [-0.05, 0) is 32.9 Å². The fourth-order valence-electron chi connectivity index (χ4n) is 2.20. The summed E-state index contributed by atoms with van der Waals surface area (Å²) in [5.74, 6) is 0. The highest BCUT2D eigenvalue weighted by atomic mass is 16.5. The van der Waals surface area contributed by atoms with Gasteiger partial charge in [-0.1, -0.05) is 0 Å². The van der Waals surface area contributed by atoms with Crippen LogP contribution in [0.1, 0.15) is 31.5 Å². The van der Waals surface area contributed by atoms with Crippen LogP contribution < -0.4 is 5.32 Å². The lowest BCUT2D eigenvalue weighted by Crippen LogP contribution is -2.30. The first kappa shape index (κ1) is 10.6. The number of ether oxygens (including phenoxy) is 1. The van der Waals surface area contributed by atoms with Crippen LogP contribution in [-0.2, 0) is 11.8 Å². The summed E-state index contributed by atoms with van der Waals surface area (Å²) >= 11 is 0. The van der Waals surface area contributed by atoms with E-state index in [0.717, 1.165) is 18.5 Å². The van der Waals surface area contributed by atoms with Crippen LogP contribution in [0.3, 0.4) is 0 Å². The Hall–Kier alpha value is -0.870. The van der Waals surface area contributed by atoms with Crippen molar-refractivity contribution < 1.29 is 4.74 Å². The van der Waals surface area contributed by atoms with Crippen LogP contribution in [0.4, 0.5) is 0 Å². The summed E-state index contributed by atoms with van der Waals surface area (Å²) in [6.07, 6.45) is 4.88. The Labute approximate surface area is 90.6 Å². The highest BCUT2D eigenvalue weighted by Gasteiger charge is 2.30. The largest absolute Gasteiger partial charge is 0.373 e. The molecule has 4 heteroatoms. The van der Waals surface area contributed by atoms with Gasteiger partial charge >= 0.3 is 0 Å². The summed E-state index contributed by atoms with van der Waals surface area (Å²) in [6.45, 7) is 2.13. The van der Waals surface area contributed by atoms with Gasteiger partial charge in [-0.2, -0.15) is 5.10 Å². The number of likely N-dealkylation sites (N-methyl/N-ethyl adjacent to an activating group) is 1. The summed E-state index contributed by atoms with van der Waals surface area (Å²) < 4.78 is 7.70. The molecule has 1 fully saturated rings. The van der Waals surface area contributed by atoms with Gasteiger partial charge in [0.05, 0.1) is 23.9 Å². The molecule has 4 nitrogen and oxygen atoms in total. The monoisotopic (exact) mass is 209 g/mol. The number of rotatable bonds is 3. The van der Waals surface area contributed by atoms with Crippen LogP contribution in [-0.4, -0.2) is 29.0 Å². The Bertz CT molecular complexity index is 323. The number of aryl methyl sites for hydroxylation is 1. The van der Waals surface area contributed by atoms with Gasteiger partial charge in [0.15, 0.2) is 0 Å². The molecule has 3 unspecified atom stereocenters. The summed E-state index contributed by atoms with van der Waals surface area (Å²) in [6, 6.07) is 2.27. The van der Waals surface area contributed by atoms with Gasteiger partial charge in [-0.25, -0.2) is 0 Å². The first-order valence-corrected chi connectivity index (χ1v) is 5.53. The average Bonchev–Trinajstić information content (AvgIpc) is 2.78. The molecule has 0 bridgehead atoms. The van der Waals surface area contributed by atoms with Crippen LogP contribution in [0.2, 0.25) is 0 Å². The normalized spacial score (nSPS) is 28.2. The number of aromatic nitrogens is 2. The molecular weight excluding hydrogens is 190 g/mol. The number of hydrogen-bond acceptors (Lipinski definition) is 3. The van der Waals surface area contributed by atoms with Crippen molar-refractivity contribution in [1.29, 1.82) is 0 Å². The number of nitrogens with one attached hydrogen (secondary N) is 1. The molecule has 1 aromatic rings. The summed E-state index contributed by atoms with van der Waals surface area (Å²) in [7, 11) is 3.90. The zero-order valence-corrected chi connectivity index (χ0v) is 9.60. The molecule has 1 aliphatic rings. The number of nitrogens with zero attached hydrogens (tertiary/aromatic N) is 2. The summed E-state index contributed by atoms with van der Waals surface area (Å²) in [5.41, 5.74) is 1.07. The van der Waals surface area contributed by atoms with Crippen molar-refractivity contribution in [1.82, 2.24) is 15.1 Å². The molecule has 0 spiro atoms. The molecule has 1 N–H and O–H groups in total. The quantitative estimate of drug-likeness (QED) is 0.814. The van der Waals surface area contributed by atoms with E-state index in [-0.39, 0.29) is 12.1 Å². The van der Waals surface area contributed by atoms with E-state index in [1.165, 1.54) is 0 Å². The zero-order valence-electron chi connectivity index (χ0n) is 9.60. The molecule has 0 aliphatic carbocycles. The van der Waals surface area contributed by atoms with E-state index in [2.05, 4.69) is 17.3 Å². The standard InChI is InChI=1S/C11H19N3O/c1-8-4-5-10(15-8)11(12-2)9-6-7-14(3)13-9/h6-8,10-12H,4-5H2,1-3H3. The Morgan fingerprint density at radius 1 is 1.60 bits per heavy atom. The highest BCUT2D eigenvalue weighted by molar-refractivity contribution is 5.08. The van der Waals surface area contributed by atoms with Crippen LogP contribution in [0, 0.1) is 0 Å². The molecule has 0 saturated carbocycles. The van der Waals surface area contributed by atoms with Gasteiger partial charge in [-0.15, -0.1) is 0 Å². The van der Waals surface area contributed by atoms with E-state index in [0.29, 0.717) is 6.10 Å². The summed E-state index contributed by atoms with van der Waals surface area (Å²) in [4.78, 5) is 0. The van der Waals surface area contributed by atoms with Gasteiger partial charge in [0.25, 0.3) is 0 Å². The van der Waals surface area contributed by atoms with E-state index in [9.17, 15) is 0 Å². The van der Waals surface area contributed by atoms with E-state index < -0.39 is 0 Å². The second kappa shape index (κ2) is 4.33. The molecule has 2 heterocycles. The number of hydrogen-bond donors (Lipinski definition) is 1. The second-order valence-electron chi connectivity index (χ2n) is 4.24. The first-order valence-electron chi connectivity index (χ1n) is 5.53. The third-order valence-corrected chi connectivity index (χ3v) is 3.00. The fourth-order valence-corrected chi connectivity index (χ4v) is 2.20. The van der Waals surface area contributed by atoms with Crippen LogP contribution in [0.5, 0.6) is 0 Å². The molecule has 0 amide bonds. The second-order valence-corrected chi connectivity index (χ2v) is 4.24.